The minimum absolute atomic E-state index is 0.183. The van der Waals surface area contributed by atoms with Gasteiger partial charge in [0, 0.05) is 26.1 Å². The van der Waals surface area contributed by atoms with Crippen molar-refractivity contribution in [1.29, 1.82) is 0 Å². The second-order valence-corrected chi connectivity index (χ2v) is 4.61. The Labute approximate surface area is 113 Å². The lowest BCUT2D eigenvalue weighted by Gasteiger charge is -2.16. The number of nitrogens with one attached hydrogen (secondary N) is 2. The van der Waals surface area contributed by atoms with E-state index in [0.717, 1.165) is 19.4 Å². The van der Waals surface area contributed by atoms with Crippen molar-refractivity contribution >= 4 is 11.7 Å². The van der Waals surface area contributed by atoms with Crippen molar-refractivity contribution in [1.82, 2.24) is 15.3 Å². The van der Waals surface area contributed by atoms with Crippen LogP contribution in [0.25, 0.3) is 0 Å². The summed E-state index contributed by atoms with van der Waals surface area (Å²) in [6.45, 7) is 3.52. The van der Waals surface area contributed by atoms with Crippen LogP contribution in [0.3, 0.4) is 0 Å². The van der Waals surface area contributed by atoms with Crippen molar-refractivity contribution in [2.75, 3.05) is 25.5 Å². The number of amides is 1. The number of hydrogen-bond donors (Lipinski definition) is 2. The Morgan fingerprint density at radius 2 is 2.32 bits per heavy atom. The molecule has 1 aromatic heterocycles. The summed E-state index contributed by atoms with van der Waals surface area (Å²) in [5.41, 5.74) is 0.339. The number of rotatable bonds is 5. The van der Waals surface area contributed by atoms with E-state index in [-0.39, 0.29) is 12.0 Å². The maximum atomic E-state index is 11.9. The summed E-state index contributed by atoms with van der Waals surface area (Å²) >= 11 is 0. The topological polar surface area (TPSA) is 76.1 Å². The van der Waals surface area contributed by atoms with Gasteiger partial charge in [0.2, 0.25) is 0 Å². The van der Waals surface area contributed by atoms with E-state index in [1.54, 1.807) is 13.2 Å². The van der Waals surface area contributed by atoms with Gasteiger partial charge in [0.1, 0.15) is 11.5 Å². The van der Waals surface area contributed by atoms with E-state index in [9.17, 15) is 4.79 Å². The molecule has 1 aliphatic rings. The zero-order valence-electron chi connectivity index (χ0n) is 11.3. The van der Waals surface area contributed by atoms with Gasteiger partial charge in [0.25, 0.3) is 5.91 Å². The highest BCUT2D eigenvalue weighted by atomic mass is 16.5. The average molecular weight is 264 g/mol. The van der Waals surface area contributed by atoms with Crippen molar-refractivity contribution in [3.8, 4) is 0 Å². The summed E-state index contributed by atoms with van der Waals surface area (Å²) < 4.78 is 5.60. The quantitative estimate of drug-likeness (QED) is 0.831. The molecule has 0 aliphatic carbocycles. The Morgan fingerprint density at radius 1 is 1.47 bits per heavy atom. The number of ether oxygens (including phenoxy) is 1. The molecule has 0 saturated carbocycles. The van der Waals surface area contributed by atoms with Gasteiger partial charge in [0.05, 0.1) is 18.5 Å². The molecule has 1 saturated heterocycles. The molecule has 2 rings (SSSR count). The summed E-state index contributed by atoms with van der Waals surface area (Å²) in [4.78, 5) is 20.1. The van der Waals surface area contributed by atoms with E-state index in [0.29, 0.717) is 24.0 Å². The number of carbonyl (C=O) groups excluding carboxylic acids is 1. The smallest absolute Gasteiger partial charge is 0.271 e. The van der Waals surface area contributed by atoms with E-state index in [4.69, 9.17) is 4.74 Å². The number of aromatic nitrogens is 2. The maximum absolute atomic E-state index is 11.9. The third-order valence-electron chi connectivity index (χ3n) is 3.41. The van der Waals surface area contributed by atoms with E-state index >= 15 is 0 Å². The lowest BCUT2D eigenvalue weighted by atomic mass is 10.00. The Bertz CT molecular complexity index is 421. The van der Waals surface area contributed by atoms with Crippen LogP contribution >= 0.6 is 0 Å². The van der Waals surface area contributed by atoms with Crippen LogP contribution in [0.2, 0.25) is 0 Å². The summed E-state index contributed by atoms with van der Waals surface area (Å²) in [6.07, 6.45) is 5.27. The molecule has 2 unspecified atom stereocenters. The van der Waals surface area contributed by atoms with Gasteiger partial charge in [-0.25, -0.2) is 9.97 Å². The first-order valence-corrected chi connectivity index (χ1v) is 6.64. The Hall–Kier alpha value is -1.69. The van der Waals surface area contributed by atoms with Crippen LogP contribution in [0.4, 0.5) is 5.82 Å². The predicted octanol–water partition coefficient (Wildman–Crippen LogP) is 1.06. The number of anilines is 1. The summed E-state index contributed by atoms with van der Waals surface area (Å²) in [5, 5.41) is 5.76. The molecule has 1 fully saturated rings. The fourth-order valence-corrected chi connectivity index (χ4v) is 2.27. The number of carbonyl (C=O) groups is 1. The molecule has 1 aromatic rings. The molecular formula is C13H20N4O2. The molecule has 6 nitrogen and oxygen atoms in total. The second kappa shape index (κ2) is 6.47. The predicted molar refractivity (Wildman–Crippen MR) is 72.0 cm³/mol. The molecule has 0 radical (unpaired) electrons. The molecular weight excluding hydrogens is 244 g/mol. The minimum atomic E-state index is -0.183. The van der Waals surface area contributed by atoms with Crippen molar-refractivity contribution in [3.05, 3.63) is 18.1 Å². The molecule has 104 valence electrons. The van der Waals surface area contributed by atoms with Gasteiger partial charge in [-0.15, -0.1) is 0 Å². The van der Waals surface area contributed by atoms with E-state index in [1.807, 2.05) is 0 Å². The zero-order valence-corrected chi connectivity index (χ0v) is 11.3. The Balaban J connectivity index is 1.86. The molecule has 1 aliphatic heterocycles. The number of hydrogen-bond acceptors (Lipinski definition) is 5. The molecule has 2 atom stereocenters. The van der Waals surface area contributed by atoms with Gasteiger partial charge in [-0.3, -0.25) is 4.79 Å². The monoisotopic (exact) mass is 264 g/mol. The molecule has 1 amide bonds. The van der Waals surface area contributed by atoms with Crippen molar-refractivity contribution in [3.63, 3.8) is 0 Å². The van der Waals surface area contributed by atoms with Crippen molar-refractivity contribution in [2.24, 2.45) is 5.92 Å². The van der Waals surface area contributed by atoms with Gasteiger partial charge < -0.3 is 15.4 Å². The van der Waals surface area contributed by atoms with Crippen LogP contribution in [0.15, 0.2) is 12.4 Å². The van der Waals surface area contributed by atoms with Gasteiger partial charge in [0.15, 0.2) is 0 Å². The highest BCUT2D eigenvalue weighted by molar-refractivity contribution is 5.91. The third kappa shape index (κ3) is 3.41. The maximum Gasteiger partial charge on any atom is 0.271 e. The van der Waals surface area contributed by atoms with Gasteiger partial charge >= 0.3 is 0 Å². The average Bonchev–Trinajstić information content (AvgIpc) is 2.92. The lowest BCUT2D eigenvalue weighted by Crippen LogP contribution is -2.33. The summed E-state index contributed by atoms with van der Waals surface area (Å²) in [6, 6.07) is 0. The SMILES string of the molecule is CCC1OCCC1CNC(=O)c1cnc(NC)cn1. The molecule has 0 aromatic carbocycles. The van der Waals surface area contributed by atoms with E-state index in [1.165, 1.54) is 6.20 Å². The number of nitrogens with zero attached hydrogens (tertiary/aromatic N) is 2. The van der Waals surface area contributed by atoms with E-state index < -0.39 is 0 Å². The van der Waals surface area contributed by atoms with Crippen LogP contribution in [0, 0.1) is 5.92 Å². The Morgan fingerprint density at radius 3 is 2.95 bits per heavy atom. The largest absolute Gasteiger partial charge is 0.378 e. The molecule has 2 heterocycles. The van der Waals surface area contributed by atoms with Crippen LogP contribution in [-0.2, 0) is 4.74 Å². The highest BCUT2D eigenvalue weighted by Crippen LogP contribution is 2.22. The molecule has 0 spiro atoms. The second-order valence-electron chi connectivity index (χ2n) is 4.61. The summed E-state index contributed by atoms with van der Waals surface area (Å²) in [5.74, 6) is 0.863. The van der Waals surface area contributed by atoms with Crippen molar-refractivity contribution < 1.29 is 9.53 Å². The lowest BCUT2D eigenvalue weighted by molar-refractivity contribution is 0.0825. The van der Waals surface area contributed by atoms with Crippen molar-refractivity contribution in [2.45, 2.75) is 25.9 Å². The first-order valence-electron chi connectivity index (χ1n) is 6.64. The van der Waals surface area contributed by atoms with Crippen LogP contribution < -0.4 is 10.6 Å². The first kappa shape index (κ1) is 13.7. The highest BCUT2D eigenvalue weighted by Gasteiger charge is 2.27. The zero-order chi connectivity index (χ0) is 13.7. The van der Waals surface area contributed by atoms with E-state index in [2.05, 4.69) is 27.5 Å². The Kier molecular flexibility index (Phi) is 4.68. The molecule has 0 bridgehead atoms. The van der Waals surface area contributed by atoms with Crippen LogP contribution in [-0.4, -0.2) is 42.2 Å². The van der Waals surface area contributed by atoms with Gasteiger partial charge in [-0.05, 0) is 12.8 Å². The van der Waals surface area contributed by atoms with Crippen LogP contribution in [0.1, 0.15) is 30.3 Å². The van der Waals surface area contributed by atoms with Gasteiger partial charge in [-0.1, -0.05) is 6.92 Å². The molecule has 6 heteroatoms. The summed E-state index contributed by atoms with van der Waals surface area (Å²) in [7, 11) is 1.76. The van der Waals surface area contributed by atoms with Crippen LogP contribution in [0.5, 0.6) is 0 Å². The molecule has 19 heavy (non-hydrogen) atoms. The first-order chi connectivity index (χ1) is 9.24. The minimum Gasteiger partial charge on any atom is -0.378 e. The fourth-order valence-electron chi connectivity index (χ4n) is 2.27. The third-order valence-corrected chi connectivity index (χ3v) is 3.41. The normalized spacial score (nSPS) is 22.2. The standard InChI is InChI=1S/C13H20N4O2/c1-3-11-9(4-5-19-11)6-17-13(18)10-7-16-12(14-2)8-15-10/h7-9,11H,3-6H2,1-2H3,(H,14,16)(H,17,18). The fraction of sp³-hybridized carbons (Fsp3) is 0.615. The van der Waals surface area contributed by atoms with Gasteiger partial charge in [-0.2, -0.15) is 0 Å². The molecule has 2 N–H and O–H groups in total.